The molecule has 3 heteroatoms. The lowest BCUT2D eigenvalue weighted by molar-refractivity contribution is 1.16. The summed E-state index contributed by atoms with van der Waals surface area (Å²) in [5, 5.41) is 7.52. The van der Waals surface area contributed by atoms with Crippen molar-refractivity contribution >= 4 is 65.4 Å². The van der Waals surface area contributed by atoms with E-state index in [2.05, 4.69) is 226 Å². The van der Waals surface area contributed by atoms with Crippen LogP contribution in [-0.4, -0.2) is 13.7 Å². The number of hydrogen-bond donors (Lipinski definition) is 0. The van der Waals surface area contributed by atoms with E-state index in [1.54, 1.807) is 0 Å². The summed E-state index contributed by atoms with van der Waals surface area (Å²) < 4.78 is 7.32. The summed E-state index contributed by atoms with van der Waals surface area (Å²) in [5.41, 5.74) is 15.4. The van der Waals surface area contributed by atoms with Crippen molar-refractivity contribution in [3.63, 3.8) is 0 Å². The Balaban J connectivity index is 1.14. The monoisotopic (exact) mass is 725 g/mol. The minimum absolute atomic E-state index is 1.14. The van der Waals surface area contributed by atoms with Crippen LogP contribution in [0.5, 0.6) is 0 Å². The van der Waals surface area contributed by atoms with E-state index in [9.17, 15) is 0 Å². The summed E-state index contributed by atoms with van der Waals surface area (Å²) in [6.07, 6.45) is 0. The Morgan fingerprint density at radius 3 is 1.18 bits per heavy atom. The van der Waals surface area contributed by atoms with Gasteiger partial charge in [-0.3, -0.25) is 0 Å². The Morgan fingerprint density at radius 1 is 0.211 bits per heavy atom. The van der Waals surface area contributed by atoms with Gasteiger partial charge in [0.05, 0.1) is 33.1 Å². The highest BCUT2D eigenvalue weighted by Gasteiger charge is 2.22. The Labute approximate surface area is 329 Å². The summed E-state index contributed by atoms with van der Waals surface area (Å²) >= 11 is 0. The Morgan fingerprint density at radius 2 is 0.614 bits per heavy atom. The van der Waals surface area contributed by atoms with Gasteiger partial charge < -0.3 is 13.7 Å². The van der Waals surface area contributed by atoms with Gasteiger partial charge in [0.2, 0.25) is 0 Å². The topological polar surface area (TPSA) is 14.8 Å². The predicted octanol–water partition coefficient (Wildman–Crippen LogP) is 14.3. The Bertz CT molecular complexity index is 3440. The van der Waals surface area contributed by atoms with E-state index < -0.39 is 0 Å². The van der Waals surface area contributed by atoms with E-state index in [1.165, 1.54) is 87.7 Å². The second-order valence-electron chi connectivity index (χ2n) is 14.9. The number of rotatable bonds is 5. The van der Waals surface area contributed by atoms with Crippen LogP contribution in [0.1, 0.15) is 0 Å². The lowest BCUT2D eigenvalue weighted by atomic mass is 9.98. The number of benzene rings is 9. The molecule has 0 radical (unpaired) electrons. The predicted molar refractivity (Wildman–Crippen MR) is 240 cm³/mol. The maximum atomic E-state index is 2.47. The van der Waals surface area contributed by atoms with Crippen LogP contribution in [0.3, 0.4) is 0 Å². The molecule has 0 bridgehead atoms. The molecule has 0 spiro atoms. The van der Waals surface area contributed by atoms with Crippen LogP contribution < -0.4 is 0 Å². The van der Waals surface area contributed by atoms with Gasteiger partial charge >= 0.3 is 0 Å². The minimum Gasteiger partial charge on any atom is -0.309 e. The maximum Gasteiger partial charge on any atom is 0.0548 e. The molecule has 0 amide bonds. The van der Waals surface area contributed by atoms with Gasteiger partial charge in [-0.1, -0.05) is 133 Å². The van der Waals surface area contributed by atoms with Crippen LogP contribution in [0.15, 0.2) is 212 Å². The van der Waals surface area contributed by atoms with Gasteiger partial charge in [0, 0.05) is 49.4 Å². The molecular weight excluding hydrogens is 691 g/mol. The van der Waals surface area contributed by atoms with E-state index in [-0.39, 0.29) is 0 Å². The smallest absolute Gasteiger partial charge is 0.0548 e. The second kappa shape index (κ2) is 12.5. The van der Waals surface area contributed by atoms with Crippen LogP contribution >= 0.6 is 0 Å². The zero-order chi connectivity index (χ0) is 37.5. The molecule has 0 aliphatic rings. The molecule has 0 unspecified atom stereocenters. The van der Waals surface area contributed by atoms with Crippen LogP contribution in [0.25, 0.3) is 105 Å². The van der Waals surface area contributed by atoms with Crippen molar-refractivity contribution in [2.75, 3.05) is 0 Å². The Hall–Kier alpha value is -7.62. The molecular formula is C54H35N3. The molecule has 12 aromatic rings. The van der Waals surface area contributed by atoms with Crippen LogP contribution in [0, 0.1) is 0 Å². The summed E-state index contributed by atoms with van der Waals surface area (Å²) in [6.45, 7) is 0. The zero-order valence-corrected chi connectivity index (χ0v) is 31.0. The third-order valence-corrected chi connectivity index (χ3v) is 11.8. The molecule has 0 aliphatic carbocycles. The summed E-state index contributed by atoms with van der Waals surface area (Å²) in [5.74, 6) is 0. The molecule has 3 heterocycles. The van der Waals surface area contributed by atoms with Gasteiger partial charge in [-0.25, -0.2) is 0 Å². The molecule has 0 saturated carbocycles. The van der Waals surface area contributed by atoms with Gasteiger partial charge in [-0.2, -0.15) is 0 Å². The van der Waals surface area contributed by atoms with E-state index in [4.69, 9.17) is 0 Å². The third-order valence-electron chi connectivity index (χ3n) is 11.8. The highest BCUT2D eigenvalue weighted by atomic mass is 15.0. The fraction of sp³-hybridized carbons (Fsp3) is 0. The molecule has 12 rings (SSSR count). The first-order chi connectivity index (χ1) is 28.3. The van der Waals surface area contributed by atoms with E-state index in [0.717, 1.165) is 17.1 Å². The molecule has 3 aromatic heterocycles. The van der Waals surface area contributed by atoms with E-state index >= 15 is 0 Å². The SMILES string of the molecule is c1ccc(-c2cc(-c3ccccc3)cc(-n3c4ccccc4c4c5c6ccccc6n(-c6ccc7c(c6)c6ccccc6n7-c6ccccc6)c5ccc43)c2)cc1. The average Bonchev–Trinajstić information content (AvgIpc) is 3.92. The first kappa shape index (κ1) is 31.7. The van der Waals surface area contributed by atoms with Crippen molar-refractivity contribution in [1.29, 1.82) is 0 Å². The highest BCUT2D eigenvalue weighted by molar-refractivity contribution is 6.29. The fourth-order valence-corrected chi connectivity index (χ4v) is 9.36. The first-order valence-electron chi connectivity index (χ1n) is 19.6. The van der Waals surface area contributed by atoms with E-state index in [1.807, 2.05) is 0 Å². The summed E-state index contributed by atoms with van der Waals surface area (Å²) in [4.78, 5) is 0. The lowest BCUT2D eigenvalue weighted by Crippen LogP contribution is -1.97. The average molecular weight is 726 g/mol. The van der Waals surface area contributed by atoms with Crippen LogP contribution in [0.2, 0.25) is 0 Å². The molecule has 0 aliphatic heterocycles. The Kier molecular flexibility index (Phi) is 6.93. The normalized spacial score (nSPS) is 11.9. The van der Waals surface area contributed by atoms with E-state index in [0.29, 0.717) is 0 Å². The number of para-hydroxylation sites is 4. The fourth-order valence-electron chi connectivity index (χ4n) is 9.36. The van der Waals surface area contributed by atoms with Crippen molar-refractivity contribution in [1.82, 2.24) is 13.7 Å². The van der Waals surface area contributed by atoms with Gasteiger partial charge in [-0.15, -0.1) is 0 Å². The summed E-state index contributed by atoms with van der Waals surface area (Å²) in [7, 11) is 0. The van der Waals surface area contributed by atoms with Crippen molar-refractivity contribution in [2.24, 2.45) is 0 Å². The van der Waals surface area contributed by atoms with Gasteiger partial charge in [0.15, 0.2) is 0 Å². The van der Waals surface area contributed by atoms with Crippen molar-refractivity contribution < 1.29 is 0 Å². The number of hydrogen-bond acceptors (Lipinski definition) is 0. The molecule has 3 nitrogen and oxygen atoms in total. The molecule has 57 heavy (non-hydrogen) atoms. The number of aromatic nitrogens is 3. The third kappa shape index (κ3) is 4.79. The molecule has 0 fully saturated rings. The number of fused-ring (bicyclic) bond motifs is 10. The van der Waals surface area contributed by atoms with Crippen molar-refractivity contribution in [2.45, 2.75) is 0 Å². The van der Waals surface area contributed by atoms with Crippen molar-refractivity contribution in [3.8, 4) is 39.3 Å². The van der Waals surface area contributed by atoms with Gasteiger partial charge in [-0.05, 0) is 101 Å². The molecule has 0 atom stereocenters. The molecule has 0 N–H and O–H groups in total. The zero-order valence-electron chi connectivity index (χ0n) is 31.0. The lowest BCUT2D eigenvalue weighted by Gasteiger charge is -2.14. The largest absolute Gasteiger partial charge is 0.309 e. The maximum absolute atomic E-state index is 2.47. The minimum atomic E-state index is 1.14. The van der Waals surface area contributed by atoms with Crippen molar-refractivity contribution in [3.05, 3.63) is 212 Å². The second-order valence-corrected chi connectivity index (χ2v) is 14.9. The molecule has 266 valence electrons. The van der Waals surface area contributed by atoms with Gasteiger partial charge in [0.1, 0.15) is 0 Å². The summed E-state index contributed by atoms with van der Waals surface area (Å²) in [6, 6.07) is 77.4. The van der Waals surface area contributed by atoms with Gasteiger partial charge in [0.25, 0.3) is 0 Å². The quantitative estimate of drug-likeness (QED) is 0.168. The van der Waals surface area contributed by atoms with Crippen LogP contribution in [-0.2, 0) is 0 Å². The first-order valence-corrected chi connectivity index (χ1v) is 19.6. The van der Waals surface area contributed by atoms with Crippen LogP contribution in [0.4, 0.5) is 0 Å². The molecule has 9 aromatic carbocycles. The highest BCUT2D eigenvalue weighted by Crippen LogP contribution is 2.44. The standard InChI is InChI=1S/C54H35N3/c1-4-16-36(17-5-1)38-32-39(37-18-6-2-7-19-37)34-42(33-38)57-49-27-15-12-24-45(49)54-52(57)31-30-51-53(54)44-23-11-14-26-48(44)56(51)41-28-29-50-46(35-41)43-22-10-13-25-47(43)55(50)40-20-8-3-9-21-40/h1-35H. The number of nitrogens with zero attached hydrogens (tertiary/aromatic N) is 3. The molecule has 0 saturated heterocycles.